The van der Waals surface area contributed by atoms with E-state index in [1.165, 1.54) is 5.56 Å². The summed E-state index contributed by atoms with van der Waals surface area (Å²) in [5, 5.41) is 0. The second-order valence-corrected chi connectivity index (χ2v) is 5.96. The minimum atomic E-state index is -0.672. The van der Waals surface area contributed by atoms with Crippen molar-refractivity contribution in [1.29, 1.82) is 0 Å². The summed E-state index contributed by atoms with van der Waals surface area (Å²) in [5.41, 5.74) is 3.48. The molecule has 0 aliphatic heterocycles. The van der Waals surface area contributed by atoms with Crippen molar-refractivity contribution in [2.75, 3.05) is 0 Å². The number of halogens is 1. The van der Waals surface area contributed by atoms with Gasteiger partial charge in [-0.1, -0.05) is 43.2 Å². The van der Waals surface area contributed by atoms with Crippen LogP contribution in [0.25, 0.3) is 11.1 Å². The van der Waals surface area contributed by atoms with Gasteiger partial charge in [-0.25, -0.2) is 14.4 Å². The second-order valence-electron chi connectivity index (χ2n) is 5.96. The zero-order valence-corrected chi connectivity index (χ0v) is 13.8. The number of allylic oxidation sites excluding steroid dienone is 1. The molecule has 0 radical (unpaired) electrons. The van der Waals surface area contributed by atoms with Crippen LogP contribution in [0.4, 0.5) is 4.39 Å². The van der Waals surface area contributed by atoms with Crippen molar-refractivity contribution < 1.29 is 4.39 Å². The first kappa shape index (κ1) is 17.3. The third-order valence-corrected chi connectivity index (χ3v) is 3.89. The quantitative estimate of drug-likeness (QED) is 0.462. The Balaban J connectivity index is 1.85. The summed E-state index contributed by atoms with van der Waals surface area (Å²) in [6, 6.07) is 8.55. The standard InChI is InChI=1S/C20H25FN2/c1-3-7-20-22-14-19(15-23-20)18-12-10-17(11-13-18)9-6-4-5-8-16(2)21/h3,10-16H,1,4-9H2,2H3. The Morgan fingerprint density at radius 1 is 1.04 bits per heavy atom. The number of unbranched alkanes of at least 4 members (excludes halogenated alkanes) is 2. The van der Waals surface area contributed by atoms with Crippen molar-refractivity contribution in [1.82, 2.24) is 9.97 Å². The van der Waals surface area contributed by atoms with Gasteiger partial charge in [-0.2, -0.15) is 0 Å². The fraction of sp³-hybridized carbons (Fsp3) is 0.400. The van der Waals surface area contributed by atoms with Crippen molar-refractivity contribution in [2.24, 2.45) is 0 Å². The van der Waals surface area contributed by atoms with Gasteiger partial charge in [-0.3, -0.25) is 0 Å². The fourth-order valence-electron chi connectivity index (χ4n) is 2.53. The Labute approximate surface area is 138 Å². The Morgan fingerprint density at radius 2 is 1.74 bits per heavy atom. The Morgan fingerprint density at radius 3 is 2.35 bits per heavy atom. The first-order chi connectivity index (χ1) is 11.2. The highest BCUT2D eigenvalue weighted by atomic mass is 19.1. The minimum Gasteiger partial charge on any atom is -0.248 e. The van der Waals surface area contributed by atoms with Gasteiger partial charge >= 0.3 is 0 Å². The molecule has 0 aliphatic rings. The Kier molecular flexibility index (Phi) is 6.92. The number of rotatable bonds is 9. The van der Waals surface area contributed by atoms with Crippen molar-refractivity contribution in [3.63, 3.8) is 0 Å². The number of nitrogens with zero attached hydrogens (tertiary/aromatic N) is 2. The van der Waals surface area contributed by atoms with Crippen LogP contribution in [0.2, 0.25) is 0 Å². The lowest BCUT2D eigenvalue weighted by atomic mass is 10.0. The zero-order chi connectivity index (χ0) is 16.5. The molecule has 2 rings (SSSR count). The van der Waals surface area contributed by atoms with Crippen LogP contribution < -0.4 is 0 Å². The lowest BCUT2D eigenvalue weighted by Crippen LogP contribution is -1.93. The summed E-state index contributed by atoms with van der Waals surface area (Å²) < 4.78 is 12.7. The SMILES string of the molecule is C=CCc1ncc(-c2ccc(CCCCCC(C)F)cc2)cn1. The lowest BCUT2D eigenvalue weighted by Gasteiger charge is -2.05. The minimum absolute atomic E-state index is 0.672. The third-order valence-electron chi connectivity index (χ3n) is 3.89. The topological polar surface area (TPSA) is 25.8 Å². The van der Waals surface area contributed by atoms with Crippen molar-refractivity contribution in [2.45, 2.75) is 51.6 Å². The van der Waals surface area contributed by atoms with E-state index in [0.717, 1.165) is 42.6 Å². The molecule has 0 N–H and O–H groups in total. The van der Waals surface area contributed by atoms with Crippen LogP contribution in [0.15, 0.2) is 49.3 Å². The summed E-state index contributed by atoms with van der Waals surface area (Å²) in [4.78, 5) is 8.68. The molecule has 0 saturated carbocycles. The van der Waals surface area contributed by atoms with Gasteiger partial charge in [-0.05, 0) is 37.3 Å². The highest BCUT2D eigenvalue weighted by Gasteiger charge is 2.02. The molecule has 0 amide bonds. The van der Waals surface area contributed by atoms with Crippen LogP contribution >= 0.6 is 0 Å². The molecule has 1 unspecified atom stereocenters. The molecule has 23 heavy (non-hydrogen) atoms. The van der Waals surface area contributed by atoms with E-state index in [1.807, 2.05) is 12.4 Å². The summed E-state index contributed by atoms with van der Waals surface area (Å²) in [5.74, 6) is 0.794. The van der Waals surface area contributed by atoms with Gasteiger partial charge in [0.1, 0.15) is 5.82 Å². The predicted molar refractivity (Wildman–Crippen MR) is 94.1 cm³/mol. The molecule has 1 heterocycles. The molecule has 1 aromatic heterocycles. The maximum Gasteiger partial charge on any atom is 0.131 e. The number of aromatic nitrogens is 2. The van der Waals surface area contributed by atoms with Crippen molar-refractivity contribution >= 4 is 0 Å². The van der Waals surface area contributed by atoms with E-state index in [9.17, 15) is 4.39 Å². The fourth-order valence-corrected chi connectivity index (χ4v) is 2.53. The van der Waals surface area contributed by atoms with Crippen LogP contribution in [0, 0.1) is 0 Å². The van der Waals surface area contributed by atoms with Gasteiger partial charge in [0.15, 0.2) is 0 Å². The average Bonchev–Trinajstić information content (AvgIpc) is 2.56. The molecule has 0 spiro atoms. The molecule has 2 aromatic rings. The summed E-state index contributed by atoms with van der Waals surface area (Å²) in [6.07, 6.45) is 10.5. The smallest absolute Gasteiger partial charge is 0.131 e. The molecule has 1 aromatic carbocycles. The maximum absolute atomic E-state index is 12.7. The van der Waals surface area contributed by atoms with Gasteiger partial charge in [0.05, 0.1) is 6.17 Å². The second kappa shape index (κ2) is 9.19. The molecule has 0 aliphatic carbocycles. The molecular weight excluding hydrogens is 287 g/mol. The van der Waals surface area contributed by atoms with Crippen LogP contribution in [-0.4, -0.2) is 16.1 Å². The first-order valence-electron chi connectivity index (χ1n) is 8.34. The molecule has 3 heteroatoms. The number of aryl methyl sites for hydroxylation is 1. The van der Waals surface area contributed by atoms with E-state index in [-0.39, 0.29) is 0 Å². The van der Waals surface area contributed by atoms with E-state index < -0.39 is 6.17 Å². The molecule has 0 saturated heterocycles. The predicted octanol–water partition coefficient (Wildman–Crippen LogP) is 5.33. The van der Waals surface area contributed by atoms with E-state index in [0.29, 0.717) is 12.8 Å². The number of hydrogen-bond donors (Lipinski definition) is 0. The maximum atomic E-state index is 12.7. The first-order valence-corrected chi connectivity index (χ1v) is 8.34. The van der Waals surface area contributed by atoms with Gasteiger partial charge in [-0.15, -0.1) is 6.58 Å². The summed E-state index contributed by atoms with van der Waals surface area (Å²) in [7, 11) is 0. The number of benzene rings is 1. The zero-order valence-electron chi connectivity index (χ0n) is 13.8. The normalized spacial score (nSPS) is 12.1. The largest absolute Gasteiger partial charge is 0.248 e. The monoisotopic (exact) mass is 312 g/mol. The third kappa shape index (κ3) is 5.93. The van der Waals surface area contributed by atoms with Gasteiger partial charge in [0.25, 0.3) is 0 Å². The molecule has 122 valence electrons. The molecule has 2 nitrogen and oxygen atoms in total. The van der Waals surface area contributed by atoms with E-state index in [1.54, 1.807) is 13.0 Å². The van der Waals surface area contributed by atoms with Crippen LogP contribution in [0.3, 0.4) is 0 Å². The molecular formula is C20H25FN2. The van der Waals surface area contributed by atoms with Gasteiger partial charge in [0.2, 0.25) is 0 Å². The Hall–Kier alpha value is -2.03. The Bertz CT molecular complexity index is 588. The van der Waals surface area contributed by atoms with E-state index in [4.69, 9.17) is 0 Å². The highest BCUT2D eigenvalue weighted by molar-refractivity contribution is 5.61. The van der Waals surface area contributed by atoms with E-state index >= 15 is 0 Å². The van der Waals surface area contributed by atoms with Crippen LogP contribution in [0.1, 0.15) is 44.0 Å². The summed E-state index contributed by atoms with van der Waals surface area (Å²) >= 11 is 0. The lowest BCUT2D eigenvalue weighted by molar-refractivity contribution is 0.330. The van der Waals surface area contributed by atoms with Crippen molar-refractivity contribution in [3.8, 4) is 11.1 Å². The highest BCUT2D eigenvalue weighted by Crippen LogP contribution is 2.19. The van der Waals surface area contributed by atoms with Crippen molar-refractivity contribution in [3.05, 3.63) is 60.7 Å². The van der Waals surface area contributed by atoms with Crippen LogP contribution in [0.5, 0.6) is 0 Å². The molecule has 0 fully saturated rings. The number of hydrogen-bond acceptors (Lipinski definition) is 2. The van der Waals surface area contributed by atoms with Gasteiger partial charge in [0, 0.05) is 24.4 Å². The van der Waals surface area contributed by atoms with Gasteiger partial charge < -0.3 is 0 Å². The molecule has 1 atom stereocenters. The number of alkyl halides is 1. The van der Waals surface area contributed by atoms with E-state index in [2.05, 4.69) is 40.8 Å². The van der Waals surface area contributed by atoms with Crippen LogP contribution in [-0.2, 0) is 12.8 Å². The average molecular weight is 312 g/mol. The molecule has 0 bridgehead atoms. The summed E-state index contributed by atoms with van der Waals surface area (Å²) in [6.45, 7) is 5.32.